The molecule has 1 aliphatic heterocycles. The summed E-state index contributed by atoms with van der Waals surface area (Å²) in [7, 11) is 1.75. The minimum Gasteiger partial charge on any atom is -0.495 e. The smallest absolute Gasteiger partial charge is 0.142 e. The molecular formula is C15H18N2O. The molecular weight excluding hydrogens is 224 g/mol. The molecule has 0 saturated carbocycles. The van der Waals surface area contributed by atoms with Crippen LogP contribution in [0.3, 0.4) is 0 Å². The van der Waals surface area contributed by atoms with Crippen LogP contribution in [0.2, 0.25) is 0 Å². The summed E-state index contributed by atoms with van der Waals surface area (Å²) in [6.45, 7) is 4.13. The maximum Gasteiger partial charge on any atom is 0.142 e. The molecule has 3 rings (SSSR count). The van der Waals surface area contributed by atoms with Crippen molar-refractivity contribution in [2.75, 3.05) is 38.2 Å². The third-order valence-electron chi connectivity index (χ3n) is 3.52. The molecule has 0 radical (unpaired) electrons. The van der Waals surface area contributed by atoms with Crippen molar-refractivity contribution in [3.8, 4) is 5.75 Å². The van der Waals surface area contributed by atoms with E-state index in [0.717, 1.165) is 31.9 Å². The van der Waals surface area contributed by atoms with Crippen LogP contribution < -0.4 is 15.0 Å². The number of fused-ring (bicyclic) bond motifs is 1. The van der Waals surface area contributed by atoms with E-state index >= 15 is 0 Å². The number of hydrogen-bond donors (Lipinski definition) is 1. The van der Waals surface area contributed by atoms with E-state index in [1.807, 2.05) is 0 Å². The first-order valence-electron chi connectivity index (χ1n) is 6.41. The van der Waals surface area contributed by atoms with Gasteiger partial charge in [-0.1, -0.05) is 30.3 Å². The highest BCUT2D eigenvalue weighted by molar-refractivity contribution is 5.97. The summed E-state index contributed by atoms with van der Waals surface area (Å²) in [6.07, 6.45) is 0. The van der Waals surface area contributed by atoms with Gasteiger partial charge < -0.3 is 15.0 Å². The quantitative estimate of drug-likeness (QED) is 0.874. The van der Waals surface area contributed by atoms with Crippen LogP contribution in [0.1, 0.15) is 0 Å². The van der Waals surface area contributed by atoms with Crippen molar-refractivity contribution in [2.24, 2.45) is 0 Å². The van der Waals surface area contributed by atoms with Gasteiger partial charge >= 0.3 is 0 Å². The van der Waals surface area contributed by atoms with E-state index in [-0.39, 0.29) is 0 Å². The van der Waals surface area contributed by atoms with Crippen LogP contribution in [0.5, 0.6) is 5.75 Å². The Morgan fingerprint density at radius 2 is 1.83 bits per heavy atom. The Hall–Kier alpha value is -1.74. The summed E-state index contributed by atoms with van der Waals surface area (Å²) in [5.74, 6) is 0.968. The van der Waals surface area contributed by atoms with Crippen molar-refractivity contribution < 1.29 is 4.74 Å². The molecule has 0 aromatic heterocycles. The zero-order chi connectivity index (χ0) is 12.4. The molecule has 1 fully saturated rings. The average molecular weight is 242 g/mol. The summed E-state index contributed by atoms with van der Waals surface area (Å²) in [6, 6.07) is 12.7. The number of nitrogens with one attached hydrogen (secondary N) is 1. The molecule has 0 amide bonds. The maximum atomic E-state index is 5.54. The summed E-state index contributed by atoms with van der Waals surface area (Å²) in [4.78, 5) is 2.41. The van der Waals surface area contributed by atoms with Crippen molar-refractivity contribution in [1.29, 1.82) is 0 Å². The van der Waals surface area contributed by atoms with Crippen LogP contribution in [0.25, 0.3) is 10.8 Å². The van der Waals surface area contributed by atoms with Crippen LogP contribution in [-0.2, 0) is 0 Å². The Morgan fingerprint density at radius 3 is 2.61 bits per heavy atom. The highest BCUT2D eigenvalue weighted by Crippen LogP contribution is 2.36. The first-order chi connectivity index (χ1) is 8.90. The molecule has 1 heterocycles. The van der Waals surface area contributed by atoms with Crippen LogP contribution in [0, 0.1) is 0 Å². The van der Waals surface area contributed by atoms with Gasteiger partial charge in [0, 0.05) is 31.6 Å². The Labute approximate surface area is 107 Å². The second kappa shape index (κ2) is 4.86. The first-order valence-corrected chi connectivity index (χ1v) is 6.41. The second-order valence-corrected chi connectivity index (χ2v) is 4.57. The number of piperazine rings is 1. The second-order valence-electron chi connectivity index (χ2n) is 4.57. The third kappa shape index (κ3) is 1.91. The molecule has 1 aliphatic rings. The molecule has 1 saturated heterocycles. The topological polar surface area (TPSA) is 24.5 Å². The first kappa shape index (κ1) is 11.4. The Kier molecular flexibility index (Phi) is 3.07. The number of ether oxygens (including phenoxy) is 1. The lowest BCUT2D eigenvalue weighted by molar-refractivity contribution is 0.413. The molecule has 0 spiro atoms. The molecule has 18 heavy (non-hydrogen) atoms. The molecule has 3 heteroatoms. The molecule has 0 bridgehead atoms. The van der Waals surface area contributed by atoms with Gasteiger partial charge in [-0.2, -0.15) is 0 Å². The fourth-order valence-corrected chi connectivity index (χ4v) is 2.61. The third-order valence-corrected chi connectivity index (χ3v) is 3.52. The Balaban J connectivity index is 2.16. The molecule has 0 atom stereocenters. The Bertz CT molecular complexity index is 547. The summed E-state index contributed by atoms with van der Waals surface area (Å²) < 4.78 is 5.54. The normalized spacial score (nSPS) is 15.9. The summed E-state index contributed by atoms with van der Waals surface area (Å²) in [5.41, 5.74) is 1.23. The van der Waals surface area contributed by atoms with Gasteiger partial charge in [0.2, 0.25) is 0 Å². The van der Waals surface area contributed by atoms with E-state index < -0.39 is 0 Å². The molecule has 2 aromatic carbocycles. The zero-order valence-corrected chi connectivity index (χ0v) is 10.6. The van der Waals surface area contributed by atoms with Crippen LogP contribution in [0.4, 0.5) is 5.69 Å². The number of anilines is 1. The predicted molar refractivity (Wildman–Crippen MR) is 75.6 cm³/mol. The van der Waals surface area contributed by atoms with Crippen molar-refractivity contribution in [2.45, 2.75) is 0 Å². The van der Waals surface area contributed by atoms with Gasteiger partial charge in [-0.3, -0.25) is 0 Å². The number of hydrogen-bond acceptors (Lipinski definition) is 3. The monoisotopic (exact) mass is 242 g/mol. The van der Waals surface area contributed by atoms with Gasteiger partial charge in [0.15, 0.2) is 0 Å². The van der Waals surface area contributed by atoms with Gasteiger partial charge in [0.25, 0.3) is 0 Å². The number of methoxy groups -OCH3 is 1. The lowest BCUT2D eigenvalue weighted by Crippen LogP contribution is -2.43. The highest BCUT2D eigenvalue weighted by Gasteiger charge is 2.17. The minimum atomic E-state index is 0.968. The van der Waals surface area contributed by atoms with E-state index in [1.165, 1.54) is 16.5 Å². The van der Waals surface area contributed by atoms with Crippen molar-refractivity contribution in [1.82, 2.24) is 5.32 Å². The van der Waals surface area contributed by atoms with Crippen molar-refractivity contribution in [3.05, 3.63) is 36.4 Å². The van der Waals surface area contributed by atoms with Gasteiger partial charge in [-0.15, -0.1) is 0 Å². The largest absolute Gasteiger partial charge is 0.495 e. The van der Waals surface area contributed by atoms with Gasteiger partial charge in [-0.25, -0.2) is 0 Å². The Morgan fingerprint density at radius 1 is 1.06 bits per heavy atom. The molecule has 3 nitrogen and oxygen atoms in total. The molecule has 0 aliphatic carbocycles. The van der Waals surface area contributed by atoms with Crippen LogP contribution in [0.15, 0.2) is 36.4 Å². The van der Waals surface area contributed by atoms with Crippen molar-refractivity contribution in [3.63, 3.8) is 0 Å². The predicted octanol–water partition coefficient (Wildman–Crippen LogP) is 2.26. The molecule has 1 N–H and O–H groups in total. The maximum absolute atomic E-state index is 5.54. The lowest BCUT2D eigenvalue weighted by Gasteiger charge is -2.31. The van der Waals surface area contributed by atoms with Gasteiger partial charge in [0.1, 0.15) is 5.75 Å². The fraction of sp³-hybridized carbons (Fsp3) is 0.333. The molecule has 0 unspecified atom stereocenters. The van der Waals surface area contributed by atoms with Crippen LogP contribution >= 0.6 is 0 Å². The number of benzene rings is 2. The molecule has 2 aromatic rings. The van der Waals surface area contributed by atoms with E-state index in [4.69, 9.17) is 4.74 Å². The van der Waals surface area contributed by atoms with E-state index in [2.05, 4.69) is 46.6 Å². The number of nitrogens with zero attached hydrogens (tertiary/aromatic N) is 1. The van der Waals surface area contributed by atoms with E-state index in [1.54, 1.807) is 7.11 Å². The lowest BCUT2D eigenvalue weighted by atomic mass is 10.1. The average Bonchev–Trinajstić information content (AvgIpc) is 2.47. The van der Waals surface area contributed by atoms with E-state index in [9.17, 15) is 0 Å². The molecule has 94 valence electrons. The highest BCUT2D eigenvalue weighted by atomic mass is 16.5. The van der Waals surface area contributed by atoms with Gasteiger partial charge in [-0.05, 0) is 11.5 Å². The minimum absolute atomic E-state index is 0.968. The fourth-order valence-electron chi connectivity index (χ4n) is 2.61. The SMILES string of the molecule is COc1ccc2ccccc2c1N1CCNCC1. The number of rotatable bonds is 2. The van der Waals surface area contributed by atoms with E-state index in [0.29, 0.717) is 0 Å². The zero-order valence-electron chi connectivity index (χ0n) is 10.6. The van der Waals surface area contributed by atoms with Gasteiger partial charge in [0.05, 0.1) is 12.8 Å². The summed E-state index contributed by atoms with van der Waals surface area (Å²) in [5, 5.41) is 5.93. The van der Waals surface area contributed by atoms with Crippen LogP contribution in [-0.4, -0.2) is 33.3 Å². The van der Waals surface area contributed by atoms with Crippen molar-refractivity contribution >= 4 is 16.5 Å². The summed E-state index contributed by atoms with van der Waals surface area (Å²) >= 11 is 0. The standard InChI is InChI=1S/C15H18N2O/c1-18-14-7-6-12-4-2-3-5-13(12)15(14)17-10-8-16-9-11-17/h2-7,16H,8-11H2,1H3.